The van der Waals surface area contributed by atoms with E-state index in [0.29, 0.717) is 29.5 Å². The lowest BCUT2D eigenvalue weighted by atomic mass is 10.2. The van der Waals surface area contributed by atoms with Gasteiger partial charge in [0.25, 0.3) is 0 Å². The molecule has 0 radical (unpaired) electrons. The molecule has 0 aliphatic rings. The highest BCUT2D eigenvalue weighted by molar-refractivity contribution is 6.31. The Hall–Kier alpha value is -1.58. The molecule has 2 N–H and O–H groups in total. The molecule has 0 bridgehead atoms. The van der Waals surface area contributed by atoms with E-state index in [9.17, 15) is 4.39 Å². The summed E-state index contributed by atoms with van der Waals surface area (Å²) in [4.78, 5) is 0. The Labute approximate surface area is 110 Å². The van der Waals surface area contributed by atoms with Crippen molar-refractivity contribution in [2.45, 2.75) is 13.2 Å². The summed E-state index contributed by atoms with van der Waals surface area (Å²) in [6, 6.07) is 11.8. The average Bonchev–Trinajstić information content (AvgIpc) is 2.30. The number of nitrogens with two attached hydrogens (primary N) is 1. The largest absolute Gasteiger partial charge is 0.399 e. The zero-order valence-corrected chi connectivity index (χ0v) is 10.5. The van der Waals surface area contributed by atoms with E-state index < -0.39 is 0 Å². The maximum absolute atomic E-state index is 13.1. The second-order valence-electron chi connectivity index (χ2n) is 3.98. The van der Waals surface area contributed by atoms with Crippen LogP contribution < -0.4 is 5.73 Å². The van der Waals surface area contributed by atoms with E-state index in [1.165, 1.54) is 12.1 Å². The van der Waals surface area contributed by atoms with E-state index in [1.54, 1.807) is 12.1 Å². The predicted molar refractivity (Wildman–Crippen MR) is 70.8 cm³/mol. The molecule has 0 amide bonds. The quantitative estimate of drug-likeness (QED) is 0.854. The van der Waals surface area contributed by atoms with Crippen LogP contribution in [0.25, 0.3) is 0 Å². The summed E-state index contributed by atoms with van der Waals surface area (Å²) >= 11 is 6.00. The van der Waals surface area contributed by atoms with E-state index in [4.69, 9.17) is 22.1 Å². The van der Waals surface area contributed by atoms with E-state index >= 15 is 0 Å². The monoisotopic (exact) mass is 265 g/mol. The molecule has 0 unspecified atom stereocenters. The van der Waals surface area contributed by atoms with Gasteiger partial charge in [0.1, 0.15) is 5.82 Å². The van der Waals surface area contributed by atoms with Crippen molar-refractivity contribution in [2.24, 2.45) is 0 Å². The molecule has 0 aliphatic heterocycles. The van der Waals surface area contributed by atoms with Gasteiger partial charge in [-0.2, -0.15) is 0 Å². The summed E-state index contributed by atoms with van der Waals surface area (Å²) in [5.74, 6) is -0.355. The van der Waals surface area contributed by atoms with Crippen molar-refractivity contribution in [3.63, 3.8) is 0 Å². The highest BCUT2D eigenvalue weighted by atomic mass is 35.5. The molecule has 0 fully saturated rings. The molecule has 0 heterocycles. The van der Waals surface area contributed by atoms with Crippen molar-refractivity contribution >= 4 is 17.3 Å². The van der Waals surface area contributed by atoms with Crippen molar-refractivity contribution in [1.82, 2.24) is 0 Å². The summed E-state index contributed by atoms with van der Waals surface area (Å²) in [6.45, 7) is 0.684. The van der Waals surface area contributed by atoms with Gasteiger partial charge in [-0.25, -0.2) is 4.39 Å². The summed E-state index contributed by atoms with van der Waals surface area (Å²) in [5.41, 5.74) is 7.56. The van der Waals surface area contributed by atoms with Gasteiger partial charge in [0.2, 0.25) is 0 Å². The van der Waals surface area contributed by atoms with E-state index in [2.05, 4.69) is 0 Å². The SMILES string of the molecule is Nc1cc(F)cc(COCc2ccccc2Cl)c1. The molecule has 0 saturated heterocycles. The minimum absolute atomic E-state index is 0.299. The van der Waals surface area contributed by atoms with Crippen LogP contribution in [0, 0.1) is 5.82 Å². The molecule has 2 aromatic carbocycles. The highest BCUT2D eigenvalue weighted by Crippen LogP contribution is 2.17. The number of hydrogen-bond acceptors (Lipinski definition) is 2. The Morgan fingerprint density at radius 2 is 1.89 bits per heavy atom. The van der Waals surface area contributed by atoms with Gasteiger partial charge in [-0.15, -0.1) is 0 Å². The minimum Gasteiger partial charge on any atom is -0.399 e. The second kappa shape index (κ2) is 5.85. The lowest BCUT2D eigenvalue weighted by molar-refractivity contribution is 0.107. The van der Waals surface area contributed by atoms with E-state index in [0.717, 1.165) is 5.56 Å². The highest BCUT2D eigenvalue weighted by Gasteiger charge is 2.01. The molecule has 94 valence electrons. The van der Waals surface area contributed by atoms with Gasteiger partial charge in [0.05, 0.1) is 13.2 Å². The fourth-order valence-electron chi connectivity index (χ4n) is 1.65. The third-order valence-corrected chi connectivity index (χ3v) is 2.83. The summed E-state index contributed by atoms with van der Waals surface area (Å²) in [7, 11) is 0. The first kappa shape index (κ1) is 12.9. The molecule has 2 nitrogen and oxygen atoms in total. The molecule has 2 rings (SSSR count). The second-order valence-corrected chi connectivity index (χ2v) is 4.38. The number of halogens is 2. The molecule has 0 aromatic heterocycles. The van der Waals surface area contributed by atoms with Crippen LogP contribution in [0.1, 0.15) is 11.1 Å². The Bertz CT molecular complexity index is 525. The lowest BCUT2D eigenvalue weighted by Gasteiger charge is -2.07. The smallest absolute Gasteiger partial charge is 0.125 e. The fourth-order valence-corrected chi connectivity index (χ4v) is 1.84. The van der Waals surface area contributed by atoms with Crippen LogP contribution >= 0.6 is 11.6 Å². The molecule has 0 aliphatic carbocycles. The molecule has 0 atom stereocenters. The molecule has 0 spiro atoms. The van der Waals surface area contributed by atoms with Gasteiger partial charge in [-0.1, -0.05) is 29.8 Å². The normalized spacial score (nSPS) is 10.6. The van der Waals surface area contributed by atoms with Crippen LogP contribution in [0.4, 0.5) is 10.1 Å². The van der Waals surface area contributed by atoms with Gasteiger partial charge in [-0.3, -0.25) is 0 Å². The number of ether oxygens (including phenoxy) is 1. The van der Waals surface area contributed by atoms with Gasteiger partial charge in [0.15, 0.2) is 0 Å². The van der Waals surface area contributed by atoms with Crippen LogP contribution in [0.15, 0.2) is 42.5 Å². The molecular weight excluding hydrogens is 253 g/mol. The lowest BCUT2D eigenvalue weighted by Crippen LogP contribution is -1.97. The van der Waals surface area contributed by atoms with Gasteiger partial charge in [-0.05, 0) is 35.4 Å². The molecule has 2 aromatic rings. The van der Waals surface area contributed by atoms with Crippen molar-refractivity contribution in [2.75, 3.05) is 5.73 Å². The van der Waals surface area contributed by atoms with Gasteiger partial charge < -0.3 is 10.5 Å². The van der Waals surface area contributed by atoms with Crippen LogP contribution in [-0.2, 0) is 18.0 Å². The molecule has 0 saturated carbocycles. The summed E-state index contributed by atoms with van der Waals surface area (Å²) in [6.07, 6.45) is 0. The Morgan fingerprint density at radius 3 is 2.61 bits per heavy atom. The number of hydrogen-bond donors (Lipinski definition) is 1. The third-order valence-electron chi connectivity index (χ3n) is 2.46. The topological polar surface area (TPSA) is 35.2 Å². The number of rotatable bonds is 4. The summed E-state index contributed by atoms with van der Waals surface area (Å²) in [5, 5.41) is 0.663. The molecule has 4 heteroatoms. The first-order valence-corrected chi connectivity index (χ1v) is 5.89. The fraction of sp³-hybridized carbons (Fsp3) is 0.143. The van der Waals surface area contributed by atoms with Crippen molar-refractivity contribution in [3.05, 3.63) is 64.4 Å². The first-order valence-electron chi connectivity index (χ1n) is 5.51. The maximum atomic E-state index is 13.1. The van der Waals surface area contributed by atoms with E-state index in [1.807, 2.05) is 18.2 Å². The van der Waals surface area contributed by atoms with Crippen LogP contribution in [0.3, 0.4) is 0 Å². The maximum Gasteiger partial charge on any atom is 0.125 e. The van der Waals surface area contributed by atoms with Crippen LogP contribution in [0.2, 0.25) is 5.02 Å². The summed E-state index contributed by atoms with van der Waals surface area (Å²) < 4.78 is 18.6. The molecule has 18 heavy (non-hydrogen) atoms. The first-order chi connectivity index (χ1) is 8.65. The Kier molecular flexibility index (Phi) is 4.18. The third kappa shape index (κ3) is 3.45. The number of anilines is 1. The van der Waals surface area contributed by atoms with Crippen LogP contribution in [0.5, 0.6) is 0 Å². The van der Waals surface area contributed by atoms with Crippen molar-refractivity contribution in [3.8, 4) is 0 Å². The Balaban J connectivity index is 1.94. The van der Waals surface area contributed by atoms with Gasteiger partial charge in [0, 0.05) is 10.7 Å². The standard InChI is InChI=1S/C14H13ClFNO/c15-14-4-2-1-3-11(14)9-18-8-10-5-12(16)7-13(17)6-10/h1-7H,8-9,17H2. The van der Waals surface area contributed by atoms with Gasteiger partial charge >= 0.3 is 0 Å². The Morgan fingerprint density at radius 1 is 1.11 bits per heavy atom. The van der Waals surface area contributed by atoms with Crippen LogP contribution in [-0.4, -0.2) is 0 Å². The van der Waals surface area contributed by atoms with Crippen molar-refractivity contribution < 1.29 is 9.13 Å². The van der Waals surface area contributed by atoms with E-state index in [-0.39, 0.29) is 5.82 Å². The number of benzene rings is 2. The minimum atomic E-state index is -0.355. The zero-order valence-electron chi connectivity index (χ0n) is 9.70. The molecular formula is C14H13ClFNO. The predicted octanol–water partition coefficient (Wildman–Crippen LogP) is 3.78. The number of nitrogen functional groups attached to an aromatic ring is 1. The average molecular weight is 266 g/mol. The zero-order chi connectivity index (χ0) is 13.0. The van der Waals surface area contributed by atoms with Crippen molar-refractivity contribution in [1.29, 1.82) is 0 Å².